The molecule has 9 heteroatoms. The molecule has 0 spiro atoms. The van der Waals surface area contributed by atoms with Crippen LogP contribution < -0.4 is 10.9 Å². The Bertz CT molecular complexity index is 612. The maximum atomic E-state index is 6.33. The van der Waals surface area contributed by atoms with Crippen LogP contribution in [-0.2, 0) is 26.6 Å². The Morgan fingerprint density at radius 3 is 1.77 bits per heavy atom. The van der Waals surface area contributed by atoms with Gasteiger partial charge in [0.15, 0.2) is 0 Å². The van der Waals surface area contributed by atoms with E-state index in [-0.39, 0.29) is 6.04 Å². The summed E-state index contributed by atoms with van der Waals surface area (Å²) in [5, 5.41) is 0.963. The van der Waals surface area contributed by atoms with Crippen LogP contribution in [0.2, 0.25) is 6.04 Å². The van der Waals surface area contributed by atoms with Crippen molar-refractivity contribution >= 4 is 28.4 Å². The van der Waals surface area contributed by atoms with Gasteiger partial charge in [0.05, 0.1) is 0 Å². The minimum absolute atomic E-state index is 0.124. The Morgan fingerprint density at radius 2 is 1.37 bits per heavy atom. The zero-order valence-electron chi connectivity index (χ0n) is 19.5. The molecule has 1 unspecified atom stereocenters. The van der Waals surface area contributed by atoms with Gasteiger partial charge in [-0.3, -0.25) is 0 Å². The molecule has 0 aliphatic heterocycles. The van der Waals surface area contributed by atoms with Crippen molar-refractivity contribution in [1.29, 1.82) is 0 Å². The van der Waals surface area contributed by atoms with Crippen molar-refractivity contribution in [3.05, 3.63) is 35.9 Å². The highest BCUT2D eigenvalue weighted by molar-refractivity contribution is 6.75. The molecular weight excluding hydrogens is 418 g/mol. The fourth-order valence-corrected chi connectivity index (χ4v) is 7.55. The lowest BCUT2D eigenvalue weighted by Gasteiger charge is -2.28. The van der Waals surface area contributed by atoms with Crippen LogP contribution in [0, 0.1) is 0 Å². The molecule has 0 aliphatic carbocycles. The predicted molar refractivity (Wildman–Crippen MR) is 125 cm³/mol. The number of rotatable bonds is 15. The van der Waals surface area contributed by atoms with Crippen molar-refractivity contribution in [2.75, 3.05) is 41.2 Å². The zero-order chi connectivity index (χ0) is 22.6. The van der Waals surface area contributed by atoms with E-state index in [0.717, 1.165) is 16.3 Å². The summed E-state index contributed by atoms with van der Waals surface area (Å²) in [6.07, 6.45) is 2.78. The molecule has 0 radical (unpaired) electrons. The lowest BCUT2D eigenvalue weighted by molar-refractivity contribution is 0.0859. The first-order chi connectivity index (χ1) is 14.4. The fraction of sp³-hybridized carbons (Fsp3) is 0.619. The summed E-state index contributed by atoms with van der Waals surface area (Å²) in [7, 11) is -0.654. The third kappa shape index (κ3) is 7.36. The van der Waals surface area contributed by atoms with Crippen molar-refractivity contribution < 1.29 is 26.6 Å². The van der Waals surface area contributed by atoms with Gasteiger partial charge >= 0.3 is 17.6 Å². The van der Waals surface area contributed by atoms with E-state index in [1.807, 2.05) is 32.9 Å². The van der Waals surface area contributed by atoms with Crippen molar-refractivity contribution in [2.24, 2.45) is 5.73 Å². The average Bonchev–Trinajstić information content (AvgIpc) is 2.75. The van der Waals surface area contributed by atoms with E-state index in [9.17, 15) is 0 Å². The third-order valence-electron chi connectivity index (χ3n) is 4.88. The van der Waals surface area contributed by atoms with Gasteiger partial charge in [0, 0.05) is 58.4 Å². The van der Waals surface area contributed by atoms with Crippen LogP contribution in [0.5, 0.6) is 0 Å². The van der Waals surface area contributed by atoms with Gasteiger partial charge in [-0.15, -0.1) is 0 Å². The second-order valence-electron chi connectivity index (χ2n) is 6.78. The van der Waals surface area contributed by atoms with E-state index >= 15 is 0 Å². The molecule has 1 aromatic carbocycles. The Labute approximate surface area is 184 Å². The highest BCUT2D eigenvalue weighted by atomic mass is 28.4. The molecule has 7 nitrogen and oxygen atoms in total. The zero-order valence-corrected chi connectivity index (χ0v) is 21.5. The van der Waals surface area contributed by atoms with Crippen molar-refractivity contribution in [3.8, 4) is 0 Å². The smallest absolute Gasteiger partial charge is 0.377 e. The number of nitrogens with two attached hydrogens (primary N) is 1. The predicted octanol–water partition coefficient (Wildman–Crippen LogP) is 2.94. The van der Waals surface area contributed by atoms with Crippen LogP contribution in [0.15, 0.2) is 30.3 Å². The molecule has 0 aromatic heterocycles. The molecule has 0 saturated carbocycles. The summed E-state index contributed by atoms with van der Waals surface area (Å²) in [4.78, 5) is 0. The third-order valence-corrected chi connectivity index (χ3v) is 10.7. The topological polar surface area (TPSA) is 81.4 Å². The second kappa shape index (κ2) is 13.5. The standard InChI is InChI=1S/C21H39NO6Si2/c1-8-26-30(27-9-2,28-10-3)21-13-11-19(12-14-21)18(4)17-20(22)15-16-29(23-5,24-6)25-7/h11-14,17,20H,8-10,15-16,22H2,1-7H3. The number of hydrogen-bond acceptors (Lipinski definition) is 7. The molecule has 2 N–H and O–H groups in total. The monoisotopic (exact) mass is 457 g/mol. The van der Waals surface area contributed by atoms with Crippen molar-refractivity contribution in [3.63, 3.8) is 0 Å². The van der Waals surface area contributed by atoms with Gasteiger partial charge in [-0.25, -0.2) is 0 Å². The van der Waals surface area contributed by atoms with Crippen LogP contribution in [0.25, 0.3) is 5.57 Å². The molecule has 0 fully saturated rings. The average molecular weight is 458 g/mol. The molecule has 0 bridgehead atoms. The number of benzene rings is 1. The highest BCUT2D eigenvalue weighted by Gasteiger charge is 2.43. The number of allylic oxidation sites excluding steroid dienone is 1. The van der Waals surface area contributed by atoms with Gasteiger partial charge in [-0.05, 0) is 45.3 Å². The molecule has 0 amide bonds. The van der Waals surface area contributed by atoms with Crippen molar-refractivity contribution in [2.45, 2.75) is 46.2 Å². The van der Waals surface area contributed by atoms with Gasteiger partial charge < -0.3 is 32.3 Å². The first-order valence-corrected chi connectivity index (χ1v) is 14.1. The Hall–Kier alpha value is -0.886. The Kier molecular flexibility index (Phi) is 12.2. The number of hydrogen-bond donors (Lipinski definition) is 1. The van der Waals surface area contributed by atoms with E-state index < -0.39 is 17.6 Å². The molecule has 0 heterocycles. The SMILES string of the molecule is CCO[Si](OCC)(OCC)c1ccc(C(C)=CC(N)CC[Si](OC)(OC)OC)cc1. The summed E-state index contributed by atoms with van der Waals surface area (Å²) in [5.41, 5.74) is 8.52. The fourth-order valence-electron chi connectivity index (χ4n) is 3.28. The van der Waals surface area contributed by atoms with Crippen LogP contribution in [0.4, 0.5) is 0 Å². The van der Waals surface area contributed by atoms with E-state index in [2.05, 4.69) is 25.1 Å². The summed E-state index contributed by atoms with van der Waals surface area (Å²) < 4.78 is 34.4. The van der Waals surface area contributed by atoms with E-state index in [4.69, 9.17) is 32.3 Å². The van der Waals surface area contributed by atoms with Gasteiger partial charge in [-0.1, -0.05) is 30.3 Å². The van der Waals surface area contributed by atoms with E-state index in [1.165, 1.54) is 0 Å². The lowest BCUT2D eigenvalue weighted by Crippen LogP contribution is -2.56. The molecule has 172 valence electrons. The molecule has 1 atom stereocenters. The Morgan fingerprint density at radius 1 is 0.900 bits per heavy atom. The summed E-state index contributed by atoms with van der Waals surface area (Å²) in [5.74, 6) is 0. The van der Waals surface area contributed by atoms with Gasteiger partial charge in [0.1, 0.15) is 0 Å². The van der Waals surface area contributed by atoms with E-state index in [1.54, 1.807) is 21.3 Å². The quantitative estimate of drug-likeness (QED) is 0.406. The van der Waals surface area contributed by atoms with Crippen LogP contribution in [0.3, 0.4) is 0 Å². The molecule has 0 aliphatic rings. The summed E-state index contributed by atoms with van der Waals surface area (Å²) in [6.45, 7) is 9.54. The second-order valence-corrected chi connectivity index (χ2v) is 12.4. The van der Waals surface area contributed by atoms with Crippen LogP contribution in [0.1, 0.15) is 39.7 Å². The van der Waals surface area contributed by atoms with Gasteiger partial charge in [-0.2, -0.15) is 0 Å². The van der Waals surface area contributed by atoms with Gasteiger partial charge in [0.25, 0.3) is 0 Å². The minimum atomic E-state index is -2.89. The molecule has 30 heavy (non-hydrogen) atoms. The first-order valence-electron chi connectivity index (χ1n) is 10.5. The molecule has 0 saturated heterocycles. The molecule has 1 aromatic rings. The molecular formula is C21H39NO6Si2. The van der Waals surface area contributed by atoms with E-state index in [0.29, 0.717) is 32.3 Å². The normalized spacial score (nSPS) is 14.2. The largest absolute Gasteiger partial charge is 0.537 e. The highest BCUT2D eigenvalue weighted by Crippen LogP contribution is 2.20. The van der Waals surface area contributed by atoms with Crippen LogP contribution in [-0.4, -0.2) is 64.8 Å². The maximum Gasteiger partial charge on any atom is 0.537 e. The van der Waals surface area contributed by atoms with Crippen LogP contribution >= 0.6 is 0 Å². The summed E-state index contributed by atoms with van der Waals surface area (Å²) >= 11 is 0. The Balaban J connectivity index is 2.94. The van der Waals surface area contributed by atoms with Gasteiger partial charge in [0.2, 0.25) is 0 Å². The maximum absolute atomic E-state index is 6.33. The van der Waals surface area contributed by atoms with Crippen molar-refractivity contribution in [1.82, 2.24) is 0 Å². The molecule has 1 rings (SSSR count). The lowest BCUT2D eigenvalue weighted by atomic mass is 10.0. The minimum Gasteiger partial charge on any atom is -0.377 e. The summed E-state index contributed by atoms with van der Waals surface area (Å²) in [6, 6.07) is 8.72. The first kappa shape index (κ1) is 27.1.